The summed E-state index contributed by atoms with van der Waals surface area (Å²) in [6.45, 7) is 1.66. The second kappa shape index (κ2) is 7.22. The summed E-state index contributed by atoms with van der Waals surface area (Å²) in [6.07, 6.45) is 9.64. The maximum Gasteiger partial charge on any atom is 0.222 e. The van der Waals surface area contributed by atoms with E-state index in [0.717, 1.165) is 38.3 Å². The van der Waals surface area contributed by atoms with E-state index >= 15 is 0 Å². The Kier molecular flexibility index (Phi) is 6.28. The summed E-state index contributed by atoms with van der Waals surface area (Å²) in [7, 11) is 0. The first-order valence-electron chi connectivity index (χ1n) is 6.79. The molecular weight excluding hydrogens is 236 g/mol. The van der Waals surface area contributed by atoms with Crippen molar-refractivity contribution in [3.8, 4) is 0 Å². The zero-order valence-corrected chi connectivity index (χ0v) is 11.4. The van der Waals surface area contributed by atoms with E-state index in [1.54, 1.807) is 0 Å². The molecule has 0 aromatic carbocycles. The number of rotatable bonds is 4. The van der Waals surface area contributed by atoms with Crippen molar-refractivity contribution in [1.82, 2.24) is 4.90 Å². The molecule has 0 bridgehead atoms. The Morgan fingerprint density at radius 2 is 1.94 bits per heavy atom. The summed E-state index contributed by atoms with van der Waals surface area (Å²) in [5.41, 5.74) is 5.80. The summed E-state index contributed by atoms with van der Waals surface area (Å²) in [6, 6.07) is 0.221. The lowest BCUT2D eigenvalue weighted by molar-refractivity contribution is -0.130. The van der Waals surface area contributed by atoms with Crippen LogP contribution in [0.3, 0.4) is 0 Å². The van der Waals surface area contributed by atoms with Crippen LogP contribution < -0.4 is 5.73 Å². The maximum atomic E-state index is 11.8. The van der Waals surface area contributed by atoms with Crippen LogP contribution in [0.4, 0.5) is 0 Å². The number of nitrogens with two attached hydrogens (primary N) is 1. The first kappa shape index (κ1) is 14.8. The Bertz CT molecular complexity index is 242. The molecule has 1 aliphatic carbocycles. The minimum absolute atomic E-state index is 0. The molecule has 1 heterocycles. The molecule has 1 aliphatic heterocycles. The zero-order chi connectivity index (χ0) is 11.4. The van der Waals surface area contributed by atoms with Gasteiger partial charge in [-0.25, -0.2) is 0 Å². The second-order valence-electron chi connectivity index (χ2n) is 5.43. The van der Waals surface area contributed by atoms with Gasteiger partial charge in [0, 0.05) is 25.6 Å². The maximum absolute atomic E-state index is 11.8. The number of carbonyl (C=O) groups excluding carboxylic acids is 1. The molecule has 1 saturated heterocycles. The molecule has 100 valence electrons. The highest BCUT2D eigenvalue weighted by Gasteiger charge is 2.23. The van der Waals surface area contributed by atoms with Crippen molar-refractivity contribution in [2.45, 2.75) is 57.4 Å². The van der Waals surface area contributed by atoms with Gasteiger partial charge in [0.15, 0.2) is 0 Å². The third kappa shape index (κ3) is 4.47. The highest BCUT2D eigenvalue weighted by Crippen LogP contribution is 2.29. The number of nitrogens with zero attached hydrogens (tertiary/aromatic N) is 1. The average Bonchev–Trinajstić information content (AvgIpc) is 2.89. The molecule has 1 atom stereocenters. The highest BCUT2D eigenvalue weighted by molar-refractivity contribution is 5.85. The predicted octanol–water partition coefficient (Wildman–Crippen LogP) is 2.33. The molecular formula is C13H25ClN2O. The van der Waals surface area contributed by atoms with Gasteiger partial charge in [0.05, 0.1) is 0 Å². The fraction of sp³-hybridized carbons (Fsp3) is 0.923. The summed E-state index contributed by atoms with van der Waals surface area (Å²) in [4.78, 5) is 13.8. The largest absolute Gasteiger partial charge is 0.341 e. The minimum Gasteiger partial charge on any atom is -0.341 e. The van der Waals surface area contributed by atoms with E-state index in [0.29, 0.717) is 5.91 Å². The monoisotopic (exact) mass is 260 g/mol. The van der Waals surface area contributed by atoms with Gasteiger partial charge in [0.2, 0.25) is 5.91 Å². The van der Waals surface area contributed by atoms with Crippen molar-refractivity contribution in [3.05, 3.63) is 0 Å². The molecule has 3 nitrogen and oxygen atoms in total. The molecule has 2 rings (SSSR count). The SMILES string of the molecule is Cl.N[C@@H]1CCN(C(=O)CCCC2CCCC2)C1. The molecule has 2 N–H and O–H groups in total. The normalized spacial score (nSPS) is 25.0. The van der Waals surface area contributed by atoms with Crippen LogP contribution in [0.5, 0.6) is 0 Å². The van der Waals surface area contributed by atoms with Crippen molar-refractivity contribution in [2.24, 2.45) is 11.7 Å². The lowest BCUT2D eigenvalue weighted by atomic mass is 10.0. The molecule has 0 spiro atoms. The lowest BCUT2D eigenvalue weighted by Gasteiger charge is -2.16. The Morgan fingerprint density at radius 1 is 1.24 bits per heavy atom. The van der Waals surface area contributed by atoms with Gasteiger partial charge < -0.3 is 10.6 Å². The van der Waals surface area contributed by atoms with Gasteiger partial charge in [0.1, 0.15) is 0 Å². The molecule has 0 aromatic heterocycles. The van der Waals surface area contributed by atoms with Gasteiger partial charge in [-0.15, -0.1) is 12.4 Å². The van der Waals surface area contributed by atoms with Gasteiger partial charge in [-0.1, -0.05) is 25.7 Å². The number of halogens is 1. The third-order valence-corrected chi connectivity index (χ3v) is 4.06. The molecule has 17 heavy (non-hydrogen) atoms. The fourth-order valence-corrected chi connectivity index (χ4v) is 3.01. The van der Waals surface area contributed by atoms with Crippen LogP contribution in [-0.4, -0.2) is 29.9 Å². The summed E-state index contributed by atoms with van der Waals surface area (Å²) in [5, 5.41) is 0. The molecule has 0 unspecified atom stereocenters. The molecule has 0 radical (unpaired) electrons. The quantitative estimate of drug-likeness (QED) is 0.843. The Morgan fingerprint density at radius 3 is 2.53 bits per heavy atom. The van der Waals surface area contributed by atoms with Crippen LogP contribution in [0.2, 0.25) is 0 Å². The van der Waals surface area contributed by atoms with Crippen molar-refractivity contribution >= 4 is 18.3 Å². The minimum atomic E-state index is 0. The summed E-state index contributed by atoms with van der Waals surface area (Å²) >= 11 is 0. The van der Waals surface area contributed by atoms with E-state index in [1.165, 1.54) is 32.1 Å². The van der Waals surface area contributed by atoms with Crippen molar-refractivity contribution in [3.63, 3.8) is 0 Å². The van der Waals surface area contributed by atoms with Gasteiger partial charge >= 0.3 is 0 Å². The summed E-state index contributed by atoms with van der Waals surface area (Å²) in [5.74, 6) is 1.24. The molecule has 2 fully saturated rings. The van der Waals surface area contributed by atoms with E-state index in [1.807, 2.05) is 4.90 Å². The van der Waals surface area contributed by atoms with Crippen LogP contribution in [0, 0.1) is 5.92 Å². The van der Waals surface area contributed by atoms with Crippen LogP contribution in [0.15, 0.2) is 0 Å². The number of carbonyl (C=O) groups is 1. The molecule has 0 aromatic rings. The Labute approximate surface area is 111 Å². The average molecular weight is 261 g/mol. The number of amides is 1. The zero-order valence-electron chi connectivity index (χ0n) is 10.6. The lowest BCUT2D eigenvalue weighted by Crippen LogP contribution is -2.31. The van der Waals surface area contributed by atoms with Gasteiger partial charge in [0.25, 0.3) is 0 Å². The van der Waals surface area contributed by atoms with Crippen LogP contribution in [-0.2, 0) is 4.79 Å². The van der Waals surface area contributed by atoms with Crippen LogP contribution in [0.25, 0.3) is 0 Å². The molecule has 1 saturated carbocycles. The van der Waals surface area contributed by atoms with E-state index in [4.69, 9.17) is 5.73 Å². The van der Waals surface area contributed by atoms with E-state index in [-0.39, 0.29) is 18.4 Å². The van der Waals surface area contributed by atoms with E-state index in [2.05, 4.69) is 0 Å². The van der Waals surface area contributed by atoms with Crippen molar-refractivity contribution < 1.29 is 4.79 Å². The van der Waals surface area contributed by atoms with Crippen molar-refractivity contribution in [1.29, 1.82) is 0 Å². The topological polar surface area (TPSA) is 46.3 Å². The Balaban J connectivity index is 0.00000144. The first-order valence-corrected chi connectivity index (χ1v) is 6.79. The molecule has 4 heteroatoms. The van der Waals surface area contributed by atoms with E-state index in [9.17, 15) is 4.79 Å². The standard InChI is InChI=1S/C13H24N2O.ClH/c14-12-8-9-15(10-12)13(16)7-3-6-11-4-1-2-5-11;/h11-12H,1-10,14H2;1H/t12-;/m1./s1. The molecule has 1 amide bonds. The van der Waals surface area contributed by atoms with Gasteiger partial charge in [-0.3, -0.25) is 4.79 Å². The van der Waals surface area contributed by atoms with Crippen molar-refractivity contribution in [2.75, 3.05) is 13.1 Å². The Hall–Kier alpha value is -0.280. The fourth-order valence-electron chi connectivity index (χ4n) is 3.01. The number of hydrogen-bond acceptors (Lipinski definition) is 2. The van der Waals surface area contributed by atoms with Gasteiger partial charge in [-0.05, 0) is 25.2 Å². The highest BCUT2D eigenvalue weighted by atomic mass is 35.5. The predicted molar refractivity (Wildman–Crippen MR) is 72.2 cm³/mol. The first-order chi connectivity index (χ1) is 7.75. The van der Waals surface area contributed by atoms with Crippen LogP contribution >= 0.6 is 12.4 Å². The second-order valence-corrected chi connectivity index (χ2v) is 5.43. The summed E-state index contributed by atoms with van der Waals surface area (Å²) < 4.78 is 0. The number of hydrogen-bond donors (Lipinski definition) is 1. The smallest absolute Gasteiger partial charge is 0.222 e. The van der Waals surface area contributed by atoms with E-state index < -0.39 is 0 Å². The van der Waals surface area contributed by atoms with Crippen LogP contribution in [0.1, 0.15) is 51.4 Å². The molecule has 2 aliphatic rings. The third-order valence-electron chi connectivity index (χ3n) is 4.06. The van der Waals surface area contributed by atoms with Gasteiger partial charge in [-0.2, -0.15) is 0 Å². The number of likely N-dealkylation sites (tertiary alicyclic amines) is 1.